The zero-order valence-corrected chi connectivity index (χ0v) is 10.6. The molecule has 0 atom stereocenters. The Hall–Kier alpha value is -2.30. The summed E-state index contributed by atoms with van der Waals surface area (Å²) in [6.07, 6.45) is 0. The molecule has 5 nitrogen and oxygen atoms in total. The first-order valence-corrected chi connectivity index (χ1v) is 5.59. The summed E-state index contributed by atoms with van der Waals surface area (Å²) >= 11 is 0. The molecule has 5 heteroatoms. The quantitative estimate of drug-likeness (QED) is 0.871. The fourth-order valence-electron chi connectivity index (χ4n) is 1.75. The van der Waals surface area contributed by atoms with E-state index in [1.54, 1.807) is 29.8 Å². The third-order valence-corrected chi connectivity index (χ3v) is 2.84. The first-order valence-electron chi connectivity index (χ1n) is 5.59. The van der Waals surface area contributed by atoms with Gasteiger partial charge in [0.1, 0.15) is 0 Å². The van der Waals surface area contributed by atoms with Crippen molar-refractivity contribution in [2.75, 3.05) is 5.32 Å². The van der Waals surface area contributed by atoms with Gasteiger partial charge in [0.25, 0.3) is 0 Å². The molecule has 2 rings (SSSR count). The van der Waals surface area contributed by atoms with Crippen molar-refractivity contribution in [1.82, 2.24) is 9.78 Å². The van der Waals surface area contributed by atoms with Gasteiger partial charge in [-0.05, 0) is 37.6 Å². The van der Waals surface area contributed by atoms with Crippen LogP contribution in [0.3, 0.4) is 0 Å². The smallest absolute Gasteiger partial charge is 0.335 e. The minimum atomic E-state index is -0.910. The predicted octanol–water partition coefficient (Wildman–Crippen LogP) is 2.48. The average Bonchev–Trinajstić information content (AvgIpc) is 2.57. The molecular formula is C13H15N3O2. The van der Waals surface area contributed by atoms with Crippen LogP contribution >= 0.6 is 0 Å². The lowest BCUT2D eigenvalue weighted by Gasteiger charge is -2.06. The Labute approximate surface area is 105 Å². The number of hydrogen-bond acceptors (Lipinski definition) is 3. The molecule has 0 unspecified atom stereocenters. The van der Waals surface area contributed by atoms with Crippen molar-refractivity contribution in [2.24, 2.45) is 7.05 Å². The molecule has 0 aliphatic carbocycles. The summed E-state index contributed by atoms with van der Waals surface area (Å²) in [5, 5.41) is 16.4. The number of rotatable bonds is 3. The lowest BCUT2D eigenvalue weighted by molar-refractivity contribution is 0.0696. The molecule has 1 heterocycles. The summed E-state index contributed by atoms with van der Waals surface area (Å²) in [6.45, 7) is 3.75. The number of carboxylic acids is 1. The monoisotopic (exact) mass is 245 g/mol. The van der Waals surface area contributed by atoms with Crippen LogP contribution in [0.4, 0.5) is 11.5 Å². The SMILES string of the molecule is Cc1cc(Nc2cc(C)n(C)n2)ccc1C(=O)O. The highest BCUT2D eigenvalue weighted by Gasteiger charge is 2.08. The Kier molecular flexibility index (Phi) is 3.06. The van der Waals surface area contributed by atoms with Gasteiger partial charge >= 0.3 is 5.97 Å². The number of nitrogens with zero attached hydrogens (tertiary/aromatic N) is 2. The van der Waals surface area contributed by atoms with E-state index < -0.39 is 5.97 Å². The zero-order valence-electron chi connectivity index (χ0n) is 10.6. The fourth-order valence-corrected chi connectivity index (χ4v) is 1.75. The number of nitrogens with one attached hydrogen (secondary N) is 1. The van der Waals surface area contributed by atoms with Gasteiger partial charge in [0, 0.05) is 24.5 Å². The Morgan fingerprint density at radius 2 is 2.06 bits per heavy atom. The van der Waals surface area contributed by atoms with Crippen LogP contribution in [-0.4, -0.2) is 20.9 Å². The average molecular weight is 245 g/mol. The standard InChI is InChI=1S/C13H15N3O2/c1-8-6-10(4-5-11(8)13(17)18)14-12-7-9(2)16(3)15-12/h4-7H,1-3H3,(H,14,15)(H,17,18). The van der Waals surface area contributed by atoms with Crippen LogP contribution in [0.2, 0.25) is 0 Å². The lowest BCUT2D eigenvalue weighted by Crippen LogP contribution is -2.01. The lowest BCUT2D eigenvalue weighted by atomic mass is 10.1. The van der Waals surface area contributed by atoms with Crippen molar-refractivity contribution in [3.05, 3.63) is 41.1 Å². The fraction of sp³-hybridized carbons (Fsp3) is 0.231. The molecule has 0 aliphatic rings. The minimum absolute atomic E-state index is 0.317. The van der Waals surface area contributed by atoms with Crippen LogP contribution in [0.15, 0.2) is 24.3 Å². The summed E-state index contributed by atoms with van der Waals surface area (Å²) in [7, 11) is 1.87. The van der Waals surface area contributed by atoms with Crippen molar-refractivity contribution >= 4 is 17.5 Å². The van der Waals surface area contributed by atoms with Gasteiger partial charge in [-0.15, -0.1) is 0 Å². The number of carboxylic acid groups (broad SMARTS) is 1. The van der Waals surface area contributed by atoms with Gasteiger partial charge < -0.3 is 10.4 Å². The Bertz CT molecular complexity index is 583. The van der Waals surface area contributed by atoms with Gasteiger partial charge in [-0.25, -0.2) is 4.79 Å². The second-order valence-electron chi connectivity index (χ2n) is 4.25. The van der Waals surface area contributed by atoms with E-state index in [4.69, 9.17) is 5.11 Å². The van der Waals surface area contributed by atoms with Crippen molar-refractivity contribution in [3.8, 4) is 0 Å². The van der Waals surface area contributed by atoms with E-state index in [2.05, 4.69) is 10.4 Å². The molecule has 94 valence electrons. The molecule has 0 saturated heterocycles. The summed E-state index contributed by atoms with van der Waals surface area (Å²) < 4.78 is 1.78. The number of anilines is 2. The van der Waals surface area contributed by atoms with E-state index in [-0.39, 0.29) is 0 Å². The number of carbonyl (C=O) groups is 1. The minimum Gasteiger partial charge on any atom is -0.478 e. The van der Waals surface area contributed by atoms with Crippen LogP contribution in [0.25, 0.3) is 0 Å². The highest BCUT2D eigenvalue weighted by atomic mass is 16.4. The second kappa shape index (κ2) is 4.52. The summed E-state index contributed by atoms with van der Waals surface area (Å²) in [5.41, 5.74) is 2.92. The van der Waals surface area contributed by atoms with Gasteiger partial charge in [-0.1, -0.05) is 0 Å². The number of aryl methyl sites for hydroxylation is 3. The first-order chi connectivity index (χ1) is 8.47. The molecule has 0 spiro atoms. The first kappa shape index (κ1) is 12.2. The van der Waals surface area contributed by atoms with Crippen molar-refractivity contribution in [2.45, 2.75) is 13.8 Å². The maximum atomic E-state index is 10.9. The summed E-state index contributed by atoms with van der Waals surface area (Å²) in [5.74, 6) is -0.162. The van der Waals surface area contributed by atoms with E-state index >= 15 is 0 Å². The molecule has 0 radical (unpaired) electrons. The van der Waals surface area contributed by atoms with Gasteiger partial charge in [-0.3, -0.25) is 4.68 Å². The number of aromatic carboxylic acids is 1. The van der Waals surface area contributed by atoms with E-state index in [9.17, 15) is 4.79 Å². The van der Waals surface area contributed by atoms with Gasteiger partial charge in [-0.2, -0.15) is 5.10 Å². The van der Waals surface area contributed by atoms with Crippen LogP contribution in [-0.2, 0) is 7.05 Å². The highest BCUT2D eigenvalue weighted by molar-refractivity contribution is 5.90. The van der Waals surface area contributed by atoms with Crippen molar-refractivity contribution < 1.29 is 9.90 Å². The molecule has 0 saturated carbocycles. The number of benzene rings is 1. The Morgan fingerprint density at radius 3 is 2.56 bits per heavy atom. The molecule has 0 fully saturated rings. The van der Waals surface area contributed by atoms with E-state index in [0.29, 0.717) is 5.56 Å². The van der Waals surface area contributed by atoms with Crippen LogP contribution in [0, 0.1) is 13.8 Å². The maximum Gasteiger partial charge on any atom is 0.335 e. The molecule has 0 bridgehead atoms. The van der Waals surface area contributed by atoms with E-state index in [0.717, 1.165) is 22.8 Å². The third kappa shape index (κ3) is 2.34. The van der Waals surface area contributed by atoms with Crippen LogP contribution < -0.4 is 5.32 Å². The second-order valence-corrected chi connectivity index (χ2v) is 4.25. The van der Waals surface area contributed by atoms with Gasteiger partial charge in [0.15, 0.2) is 5.82 Å². The molecule has 0 amide bonds. The molecule has 1 aromatic heterocycles. The summed E-state index contributed by atoms with van der Waals surface area (Å²) in [6, 6.07) is 7.06. The van der Waals surface area contributed by atoms with Crippen LogP contribution in [0.5, 0.6) is 0 Å². The van der Waals surface area contributed by atoms with Crippen molar-refractivity contribution in [1.29, 1.82) is 0 Å². The van der Waals surface area contributed by atoms with E-state index in [1.807, 2.05) is 20.0 Å². The highest BCUT2D eigenvalue weighted by Crippen LogP contribution is 2.19. The predicted molar refractivity (Wildman–Crippen MR) is 69.4 cm³/mol. The topological polar surface area (TPSA) is 67.2 Å². The Balaban J connectivity index is 2.25. The third-order valence-electron chi connectivity index (χ3n) is 2.84. The zero-order chi connectivity index (χ0) is 13.3. The normalized spacial score (nSPS) is 10.4. The molecular weight excluding hydrogens is 230 g/mol. The maximum absolute atomic E-state index is 10.9. The van der Waals surface area contributed by atoms with Gasteiger partial charge in [0.2, 0.25) is 0 Å². The molecule has 18 heavy (non-hydrogen) atoms. The molecule has 1 aromatic carbocycles. The van der Waals surface area contributed by atoms with E-state index in [1.165, 1.54) is 0 Å². The largest absolute Gasteiger partial charge is 0.478 e. The van der Waals surface area contributed by atoms with Crippen LogP contribution in [0.1, 0.15) is 21.6 Å². The molecule has 0 aliphatic heterocycles. The number of aromatic nitrogens is 2. The van der Waals surface area contributed by atoms with Gasteiger partial charge in [0.05, 0.1) is 5.56 Å². The summed E-state index contributed by atoms with van der Waals surface area (Å²) in [4.78, 5) is 10.9. The molecule has 2 N–H and O–H groups in total. The molecule has 2 aromatic rings. The van der Waals surface area contributed by atoms with Crippen molar-refractivity contribution in [3.63, 3.8) is 0 Å². The number of hydrogen-bond donors (Lipinski definition) is 2. The Morgan fingerprint density at radius 1 is 1.33 bits per heavy atom.